The fourth-order valence-corrected chi connectivity index (χ4v) is 1.37. The van der Waals surface area contributed by atoms with E-state index in [4.69, 9.17) is 0 Å². The van der Waals surface area contributed by atoms with Gasteiger partial charge >= 0.3 is 0 Å². The van der Waals surface area contributed by atoms with Crippen LogP contribution in [0.4, 0.5) is 5.69 Å². The van der Waals surface area contributed by atoms with Crippen molar-refractivity contribution in [2.75, 3.05) is 26.0 Å². The summed E-state index contributed by atoms with van der Waals surface area (Å²) in [6.45, 7) is 4.16. The lowest BCUT2D eigenvalue weighted by Crippen LogP contribution is -2.27. The van der Waals surface area contributed by atoms with E-state index < -0.39 is 0 Å². The van der Waals surface area contributed by atoms with E-state index in [2.05, 4.69) is 11.9 Å². The van der Waals surface area contributed by atoms with Gasteiger partial charge in [-0.3, -0.25) is 4.79 Å². The van der Waals surface area contributed by atoms with Crippen molar-refractivity contribution >= 4 is 11.6 Å². The minimum atomic E-state index is -0.000139. The van der Waals surface area contributed by atoms with E-state index in [1.54, 1.807) is 25.1 Å². The first-order valence-corrected chi connectivity index (χ1v) is 4.84. The Bertz CT molecular complexity index is 360. The van der Waals surface area contributed by atoms with Crippen molar-refractivity contribution < 1.29 is 4.79 Å². The van der Waals surface area contributed by atoms with Crippen LogP contribution in [-0.4, -0.2) is 31.4 Å². The largest absolute Gasteiger partial charge is 0.387 e. The van der Waals surface area contributed by atoms with E-state index in [-0.39, 0.29) is 5.91 Å². The van der Waals surface area contributed by atoms with E-state index in [0.29, 0.717) is 12.1 Å². The molecule has 0 bridgehead atoms. The maximum absolute atomic E-state index is 12.0. The molecule has 3 heteroatoms. The summed E-state index contributed by atoms with van der Waals surface area (Å²) < 4.78 is 0. The average Bonchev–Trinajstić information content (AvgIpc) is 2.28. The number of anilines is 1. The van der Waals surface area contributed by atoms with Crippen LogP contribution < -0.4 is 5.32 Å². The van der Waals surface area contributed by atoms with Crippen LogP contribution in [0.1, 0.15) is 10.4 Å². The predicted molar refractivity (Wildman–Crippen MR) is 63.1 cm³/mol. The van der Waals surface area contributed by atoms with Gasteiger partial charge in [-0.05, 0) is 12.1 Å². The molecule has 0 saturated heterocycles. The molecule has 0 unspecified atom stereocenters. The van der Waals surface area contributed by atoms with Crippen LogP contribution in [0.3, 0.4) is 0 Å². The topological polar surface area (TPSA) is 32.3 Å². The number of hydrogen-bond acceptors (Lipinski definition) is 2. The van der Waals surface area contributed by atoms with Crippen molar-refractivity contribution in [1.82, 2.24) is 4.90 Å². The number of para-hydroxylation sites is 1. The third-order valence-corrected chi connectivity index (χ3v) is 2.18. The van der Waals surface area contributed by atoms with Crippen LogP contribution in [0.15, 0.2) is 36.9 Å². The van der Waals surface area contributed by atoms with Crippen LogP contribution in [-0.2, 0) is 0 Å². The van der Waals surface area contributed by atoms with Gasteiger partial charge in [-0.1, -0.05) is 18.2 Å². The van der Waals surface area contributed by atoms with Gasteiger partial charge in [0.05, 0.1) is 5.56 Å². The number of benzene rings is 1. The maximum Gasteiger partial charge on any atom is 0.255 e. The highest BCUT2D eigenvalue weighted by Crippen LogP contribution is 2.15. The molecule has 0 fully saturated rings. The SMILES string of the molecule is C=CCN(C)C(=O)c1ccccc1NC. The molecule has 1 N–H and O–H groups in total. The van der Waals surface area contributed by atoms with Crippen molar-refractivity contribution in [3.05, 3.63) is 42.5 Å². The molecule has 0 aromatic heterocycles. The highest BCUT2D eigenvalue weighted by atomic mass is 16.2. The van der Waals surface area contributed by atoms with Gasteiger partial charge in [-0.15, -0.1) is 6.58 Å². The molecule has 0 spiro atoms. The molecular formula is C12H16N2O. The van der Waals surface area contributed by atoms with Crippen molar-refractivity contribution in [3.8, 4) is 0 Å². The van der Waals surface area contributed by atoms with Crippen LogP contribution in [0.25, 0.3) is 0 Å². The molecule has 1 amide bonds. The van der Waals surface area contributed by atoms with E-state index >= 15 is 0 Å². The monoisotopic (exact) mass is 204 g/mol. The highest BCUT2D eigenvalue weighted by Gasteiger charge is 2.13. The molecule has 1 rings (SSSR count). The molecule has 0 aliphatic rings. The summed E-state index contributed by atoms with van der Waals surface area (Å²) in [5.74, 6) is -0.000139. The molecule has 80 valence electrons. The summed E-state index contributed by atoms with van der Waals surface area (Å²) in [6.07, 6.45) is 1.71. The zero-order valence-electron chi connectivity index (χ0n) is 9.16. The first-order chi connectivity index (χ1) is 7.20. The van der Waals surface area contributed by atoms with Crippen LogP contribution in [0, 0.1) is 0 Å². The lowest BCUT2D eigenvalue weighted by atomic mass is 10.1. The molecule has 3 nitrogen and oxygen atoms in total. The van der Waals surface area contributed by atoms with Gasteiger partial charge in [0.25, 0.3) is 5.91 Å². The van der Waals surface area contributed by atoms with Gasteiger partial charge in [-0.2, -0.15) is 0 Å². The van der Waals surface area contributed by atoms with Gasteiger partial charge in [0.2, 0.25) is 0 Å². The second kappa shape index (κ2) is 5.20. The van der Waals surface area contributed by atoms with Crippen molar-refractivity contribution in [3.63, 3.8) is 0 Å². The minimum Gasteiger partial charge on any atom is -0.387 e. The number of rotatable bonds is 4. The van der Waals surface area contributed by atoms with Gasteiger partial charge in [0.15, 0.2) is 0 Å². The van der Waals surface area contributed by atoms with Crippen LogP contribution in [0.5, 0.6) is 0 Å². The number of nitrogens with one attached hydrogen (secondary N) is 1. The smallest absolute Gasteiger partial charge is 0.255 e. The van der Waals surface area contributed by atoms with E-state index in [9.17, 15) is 4.79 Å². The lowest BCUT2D eigenvalue weighted by Gasteiger charge is -2.16. The average molecular weight is 204 g/mol. The minimum absolute atomic E-state index is 0.000139. The molecule has 1 aromatic rings. The maximum atomic E-state index is 12.0. The standard InChI is InChI=1S/C12H16N2O/c1-4-9-14(3)12(15)10-7-5-6-8-11(10)13-2/h4-8,13H,1,9H2,2-3H3. The Labute approximate surface area is 90.4 Å². The summed E-state index contributed by atoms with van der Waals surface area (Å²) in [4.78, 5) is 13.6. The fourth-order valence-electron chi connectivity index (χ4n) is 1.37. The number of likely N-dealkylation sites (N-methyl/N-ethyl adjacent to an activating group) is 1. The first kappa shape index (κ1) is 11.3. The predicted octanol–water partition coefficient (Wildman–Crippen LogP) is 1.99. The molecule has 0 aliphatic heterocycles. The quantitative estimate of drug-likeness (QED) is 0.761. The van der Waals surface area contributed by atoms with Crippen molar-refractivity contribution in [2.45, 2.75) is 0 Å². The molecule has 1 aromatic carbocycles. The number of amides is 1. The molecule has 0 saturated carbocycles. The van der Waals surface area contributed by atoms with E-state index in [1.807, 2.05) is 24.3 Å². The number of carbonyl (C=O) groups is 1. The Morgan fingerprint density at radius 2 is 2.20 bits per heavy atom. The summed E-state index contributed by atoms with van der Waals surface area (Å²) in [5, 5.41) is 3.00. The number of hydrogen-bond donors (Lipinski definition) is 1. The molecule has 0 radical (unpaired) electrons. The summed E-state index contributed by atoms with van der Waals surface area (Å²) in [6, 6.07) is 7.45. The number of carbonyl (C=O) groups excluding carboxylic acids is 1. The van der Waals surface area contributed by atoms with Gasteiger partial charge in [-0.25, -0.2) is 0 Å². The van der Waals surface area contributed by atoms with Crippen molar-refractivity contribution in [1.29, 1.82) is 0 Å². The Morgan fingerprint density at radius 3 is 2.80 bits per heavy atom. The van der Waals surface area contributed by atoms with Crippen LogP contribution in [0.2, 0.25) is 0 Å². The number of nitrogens with zero attached hydrogens (tertiary/aromatic N) is 1. The second-order valence-corrected chi connectivity index (χ2v) is 3.27. The van der Waals surface area contributed by atoms with Crippen LogP contribution >= 0.6 is 0 Å². The Morgan fingerprint density at radius 1 is 1.53 bits per heavy atom. The Hall–Kier alpha value is -1.77. The molecule has 0 atom stereocenters. The normalized spacial score (nSPS) is 9.47. The van der Waals surface area contributed by atoms with Gasteiger partial charge < -0.3 is 10.2 Å². The lowest BCUT2D eigenvalue weighted by molar-refractivity contribution is 0.0811. The summed E-state index contributed by atoms with van der Waals surface area (Å²) in [7, 11) is 3.57. The third-order valence-electron chi connectivity index (χ3n) is 2.18. The second-order valence-electron chi connectivity index (χ2n) is 3.27. The zero-order chi connectivity index (χ0) is 11.3. The molecular weight excluding hydrogens is 188 g/mol. The summed E-state index contributed by atoms with van der Waals surface area (Å²) >= 11 is 0. The highest BCUT2D eigenvalue weighted by molar-refractivity contribution is 5.99. The Kier molecular flexibility index (Phi) is 3.92. The van der Waals surface area contributed by atoms with Gasteiger partial charge in [0.1, 0.15) is 0 Å². The molecule has 0 aliphatic carbocycles. The fraction of sp³-hybridized carbons (Fsp3) is 0.250. The Balaban J connectivity index is 2.94. The first-order valence-electron chi connectivity index (χ1n) is 4.84. The molecule has 15 heavy (non-hydrogen) atoms. The van der Waals surface area contributed by atoms with E-state index in [1.165, 1.54) is 0 Å². The summed E-state index contributed by atoms with van der Waals surface area (Å²) in [5.41, 5.74) is 1.53. The van der Waals surface area contributed by atoms with E-state index in [0.717, 1.165) is 5.69 Å². The molecule has 0 heterocycles. The van der Waals surface area contributed by atoms with Gasteiger partial charge in [0, 0.05) is 26.3 Å². The van der Waals surface area contributed by atoms with Crippen molar-refractivity contribution in [2.24, 2.45) is 0 Å². The third kappa shape index (κ3) is 2.59. The zero-order valence-corrected chi connectivity index (χ0v) is 9.16.